The minimum atomic E-state index is -0.467. The number of amides is 1. The molecule has 0 atom stereocenters. The Morgan fingerprint density at radius 3 is 2.62 bits per heavy atom. The monoisotopic (exact) mass is 296 g/mol. The molecule has 0 heterocycles. The van der Waals surface area contributed by atoms with Gasteiger partial charge < -0.3 is 10.1 Å². The standard InChI is InChI=1S/C15H21FN2O3/c1-3-9-18(11-15(20)21-2)10-8-14(19)17-13-7-5-4-6-12(13)16/h4-7H,3,8-11H2,1-2H3,(H,17,19). The average Bonchev–Trinajstić information content (AvgIpc) is 2.47. The van der Waals surface area contributed by atoms with Gasteiger partial charge in [0.25, 0.3) is 0 Å². The number of carbonyl (C=O) groups excluding carboxylic acids is 2. The highest BCUT2D eigenvalue weighted by Crippen LogP contribution is 2.12. The molecule has 116 valence electrons. The predicted octanol–water partition coefficient (Wildman–Crippen LogP) is 2.04. The predicted molar refractivity (Wildman–Crippen MR) is 78.4 cm³/mol. The van der Waals surface area contributed by atoms with E-state index in [-0.39, 0.29) is 30.5 Å². The Labute approximate surface area is 124 Å². The molecule has 0 saturated carbocycles. The number of carbonyl (C=O) groups is 2. The zero-order chi connectivity index (χ0) is 15.7. The Hall–Kier alpha value is -1.95. The van der Waals surface area contributed by atoms with Crippen molar-refractivity contribution in [3.8, 4) is 0 Å². The van der Waals surface area contributed by atoms with Crippen LogP contribution in [0.3, 0.4) is 0 Å². The zero-order valence-corrected chi connectivity index (χ0v) is 12.4. The summed E-state index contributed by atoms with van der Waals surface area (Å²) in [4.78, 5) is 24.9. The molecule has 0 aromatic heterocycles. The van der Waals surface area contributed by atoms with Crippen molar-refractivity contribution in [2.24, 2.45) is 0 Å². The van der Waals surface area contributed by atoms with Crippen LogP contribution in [-0.4, -0.2) is 43.5 Å². The number of hydrogen-bond donors (Lipinski definition) is 1. The van der Waals surface area contributed by atoms with Gasteiger partial charge in [-0.15, -0.1) is 0 Å². The first-order chi connectivity index (χ1) is 10.1. The number of methoxy groups -OCH3 is 1. The van der Waals surface area contributed by atoms with Crippen LogP contribution in [0, 0.1) is 5.82 Å². The van der Waals surface area contributed by atoms with Gasteiger partial charge in [-0.2, -0.15) is 0 Å². The lowest BCUT2D eigenvalue weighted by atomic mass is 10.2. The van der Waals surface area contributed by atoms with Crippen molar-refractivity contribution >= 4 is 17.6 Å². The number of nitrogens with zero attached hydrogens (tertiary/aromatic N) is 1. The van der Waals surface area contributed by atoms with Crippen molar-refractivity contribution in [2.75, 3.05) is 32.1 Å². The summed E-state index contributed by atoms with van der Waals surface area (Å²) >= 11 is 0. The fourth-order valence-electron chi connectivity index (χ4n) is 1.87. The number of anilines is 1. The van der Waals surface area contributed by atoms with E-state index in [4.69, 9.17) is 0 Å². The number of esters is 1. The van der Waals surface area contributed by atoms with E-state index in [1.807, 2.05) is 11.8 Å². The van der Waals surface area contributed by atoms with E-state index in [0.29, 0.717) is 13.1 Å². The SMILES string of the molecule is CCCN(CCC(=O)Nc1ccccc1F)CC(=O)OC. The Kier molecular flexibility index (Phi) is 7.39. The quantitative estimate of drug-likeness (QED) is 0.746. The van der Waals surface area contributed by atoms with E-state index in [1.54, 1.807) is 12.1 Å². The summed E-state index contributed by atoms with van der Waals surface area (Å²) in [6, 6.07) is 6.01. The molecular formula is C15H21FN2O3. The van der Waals surface area contributed by atoms with Gasteiger partial charge in [0.2, 0.25) is 5.91 Å². The van der Waals surface area contributed by atoms with Crippen LogP contribution in [-0.2, 0) is 14.3 Å². The van der Waals surface area contributed by atoms with Crippen LogP contribution in [0.2, 0.25) is 0 Å². The molecule has 1 N–H and O–H groups in total. The van der Waals surface area contributed by atoms with Crippen molar-refractivity contribution < 1.29 is 18.7 Å². The Morgan fingerprint density at radius 1 is 1.29 bits per heavy atom. The second kappa shape index (κ2) is 9.07. The van der Waals surface area contributed by atoms with Crippen molar-refractivity contribution in [1.29, 1.82) is 0 Å². The molecule has 0 fully saturated rings. The summed E-state index contributed by atoms with van der Waals surface area (Å²) in [5.74, 6) is -1.09. The molecule has 0 unspecified atom stereocenters. The van der Waals surface area contributed by atoms with Gasteiger partial charge in [0, 0.05) is 13.0 Å². The summed E-state index contributed by atoms with van der Waals surface area (Å²) in [6.07, 6.45) is 1.05. The maximum atomic E-state index is 13.4. The number of nitrogens with one attached hydrogen (secondary N) is 1. The van der Waals surface area contributed by atoms with Crippen molar-refractivity contribution in [3.63, 3.8) is 0 Å². The maximum absolute atomic E-state index is 13.4. The molecule has 0 aliphatic rings. The number of hydrogen-bond acceptors (Lipinski definition) is 4. The number of rotatable bonds is 8. The van der Waals surface area contributed by atoms with Gasteiger partial charge in [-0.1, -0.05) is 19.1 Å². The lowest BCUT2D eigenvalue weighted by Crippen LogP contribution is -2.34. The molecule has 0 radical (unpaired) electrons. The molecule has 1 aromatic carbocycles. The molecule has 1 amide bonds. The summed E-state index contributed by atoms with van der Waals surface area (Å²) < 4.78 is 18.0. The number of ether oxygens (including phenoxy) is 1. The first-order valence-corrected chi connectivity index (χ1v) is 6.90. The van der Waals surface area contributed by atoms with Crippen LogP contribution >= 0.6 is 0 Å². The third kappa shape index (κ3) is 6.35. The van der Waals surface area contributed by atoms with E-state index in [2.05, 4.69) is 10.1 Å². The molecular weight excluding hydrogens is 275 g/mol. The summed E-state index contributed by atoms with van der Waals surface area (Å²) in [5, 5.41) is 2.52. The largest absolute Gasteiger partial charge is 0.468 e. The normalized spacial score (nSPS) is 10.5. The molecule has 0 aliphatic carbocycles. The lowest BCUT2D eigenvalue weighted by molar-refractivity contribution is -0.142. The van der Waals surface area contributed by atoms with Gasteiger partial charge in [-0.25, -0.2) is 4.39 Å². The van der Waals surface area contributed by atoms with E-state index in [1.165, 1.54) is 19.2 Å². The van der Waals surface area contributed by atoms with Gasteiger partial charge in [-0.05, 0) is 25.1 Å². The lowest BCUT2D eigenvalue weighted by Gasteiger charge is -2.19. The first kappa shape index (κ1) is 17.1. The van der Waals surface area contributed by atoms with Gasteiger partial charge in [-0.3, -0.25) is 14.5 Å². The summed E-state index contributed by atoms with van der Waals surface area (Å²) in [5.41, 5.74) is 0.164. The van der Waals surface area contributed by atoms with Crippen LogP contribution in [0.25, 0.3) is 0 Å². The number of para-hydroxylation sites is 1. The minimum absolute atomic E-state index is 0.150. The number of halogens is 1. The highest BCUT2D eigenvalue weighted by atomic mass is 19.1. The molecule has 0 spiro atoms. The van der Waals surface area contributed by atoms with E-state index < -0.39 is 5.82 Å². The van der Waals surface area contributed by atoms with Crippen LogP contribution in [0.15, 0.2) is 24.3 Å². The molecule has 0 saturated heterocycles. The molecule has 0 bridgehead atoms. The third-order valence-corrected chi connectivity index (χ3v) is 2.92. The molecule has 6 heteroatoms. The second-order valence-electron chi connectivity index (χ2n) is 4.63. The molecule has 21 heavy (non-hydrogen) atoms. The average molecular weight is 296 g/mol. The molecule has 0 aliphatic heterocycles. The van der Waals surface area contributed by atoms with E-state index in [9.17, 15) is 14.0 Å². The van der Waals surface area contributed by atoms with Crippen LogP contribution in [0.5, 0.6) is 0 Å². The topological polar surface area (TPSA) is 58.6 Å². The Morgan fingerprint density at radius 2 is 2.00 bits per heavy atom. The van der Waals surface area contributed by atoms with Gasteiger partial charge in [0.15, 0.2) is 0 Å². The maximum Gasteiger partial charge on any atom is 0.319 e. The molecule has 1 aromatic rings. The summed E-state index contributed by atoms with van der Waals surface area (Å²) in [7, 11) is 1.33. The van der Waals surface area contributed by atoms with Gasteiger partial charge in [0.05, 0.1) is 19.3 Å². The van der Waals surface area contributed by atoms with Gasteiger partial charge >= 0.3 is 5.97 Å². The number of benzene rings is 1. The van der Waals surface area contributed by atoms with Crippen molar-refractivity contribution in [2.45, 2.75) is 19.8 Å². The fraction of sp³-hybridized carbons (Fsp3) is 0.467. The zero-order valence-electron chi connectivity index (χ0n) is 12.4. The van der Waals surface area contributed by atoms with Crippen LogP contribution in [0.4, 0.5) is 10.1 Å². The third-order valence-electron chi connectivity index (χ3n) is 2.92. The fourth-order valence-corrected chi connectivity index (χ4v) is 1.87. The Bertz CT molecular complexity index is 480. The highest BCUT2D eigenvalue weighted by molar-refractivity contribution is 5.90. The second-order valence-corrected chi connectivity index (χ2v) is 4.63. The first-order valence-electron chi connectivity index (χ1n) is 6.90. The molecule has 1 rings (SSSR count). The van der Waals surface area contributed by atoms with Crippen LogP contribution < -0.4 is 5.32 Å². The van der Waals surface area contributed by atoms with Crippen LogP contribution in [0.1, 0.15) is 19.8 Å². The van der Waals surface area contributed by atoms with E-state index >= 15 is 0 Å². The minimum Gasteiger partial charge on any atom is -0.468 e. The smallest absolute Gasteiger partial charge is 0.319 e. The molecule has 5 nitrogen and oxygen atoms in total. The van der Waals surface area contributed by atoms with Crippen molar-refractivity contribution in [3.05, 3.63) is 30.1 Å². The summed E-state index contributed by atoms with van der Waals surface area (Å²) in [6.45, 7) is 3.26. The highest BCUT2D eigenvalue weighted by Gasteiger charge is 2.13. The van der Waals surface area contributed by atoms with Gasteiger partial charge in [0.1, 0.15) is 5.82 Å². The Balaban J connectivity index is 2.46. The van der Waals surface area contributed by atoms with Crippen molar-refractivity contribution in [1.82, 2.24) is 4.90 Å². The van der Waals surface area contributed by atoms with E-state index in [0.717, 1.165) is 6.42 Å².